The maximum Gasteiger partial charge on any atom is 0.338 e. The lowest BCUT2D eigenvalue weighted by atomic mass is 10.2. The SMILES string of the molecule is CNC(=O)[C@@H](C)OC(=O)c1cccc(S(=O)(=O)Nc2ccccc2Cl)c1. The van der Waals surface area contributed by atoms with E-state index in [9.17, 15) is 18.0 Å². The quantitative estimate of drug-likeness (QED) is 0.730. The van der Waals surface area contributed by atoms with Crippen LogP contribution in [0.25, 0.3) is 0 Å². The van der Waals surface area contributed by atoms with E-state index in [1.54, 1.807) is 18.2 Å². The molecule has 2 rings (SSSR count). The van der Waals surface area contributed by atoms with Gasteiger partial charge < -0.3 is 10.1 Å². The lowest BCUT2D eigenvalue weighted by Gasteiger charge is -2.13. The van der Waals surface area contributed by atoms with Crippen molar-refractivity contribution in [3.05, 3.63) is 59.1 Å². The summed E-state index contributed by atoms with van der Waals surface area (Å²) in [5.41, 5.74) is 0.221. The highest BCUT2D eigenvalue weighted by molar-refractivity contribution is 7.92. The maximum absolute atomic E-state index is 12.5. The third kappa shape index (κ3) is 4.74. The zero-order valence-corrected chi connectivity index (χ0v) is 15.6. The summed E-state index contributed by atoms with van der Waals surface area (Å²) >= 11 is 5.96. The number of sulfonamides is 1. The van der Waals surface area contributed by atoms with E-state index in [0.717, 1.165) is 6.07 Å². The van der Waals surface area contributed by atoms with Crippen LogP contribution in [0.2, 0.25) is 5.02 Å². The third-order valence-electron chi connectivity index (χ3n) is 3.40. The van der Waals surface area contributed by atoms with Gasteiger partial charge in [0.05, 0.1) is 21.2 Å². The van der Waals surface area contributed by atoms with Gasteiger partial charge in [-0.1, -0.05) is 29.8 Å². The molecule has 2 aromatic rings. The molecule has 0 unspecified atom stereocenters. The number of benzene rings is 2. The van der Waals surface area contributed by atoms with E-state index in [-0.39, 0.29) is 21.2 Å². The molecule has 0 aromatic heterocycles. The highest BCUT2D eigenvalue weighted by Crippen LogP contribution is 2.24. The number of esters is 1. The number of ether oxygens (including phenoxy) is 1. The molecule has 0 radical (unpaired) electrons. The number of rotatable bonds is 6. The minimum absolute atomic E-state index is 0.00258. The van der Waals surface area contributed by atoms with Gasteiger partial charge in [0.1, 0.15) is 0 Å². The van der Waals surface area contributed by atoms with Crippen molar-refractivity contribution in [1.82, 2.24) is 5.32 Å². The van der Waals surface area contributed by atoms with Crippen LogP contribution in [-0.2, 0) is 19.6 Å². The van der Waals surface area contributed by atoms with E-state index in [2.05, 4.69) is 10.0 Å². The molecule has 0 saturated carbocycles. The topological polar surface area (TPSA) is 102 Å². The van der Waals surface area contributed by atoms with Crippen LogP contribution in [0.15, 0.2) is 53.4 Å². The van der Waals surface area contributed by atoms with E-state index in [1.165, 1.54) is 38.2 Å². The fraction of sp³-hybridized carbons (Fsp3) is 0.176. The van der Waals surface area contributed by atoms with Gasteiger partial charge in [-0.2, -0.15) is 0 Å². The Morgan fingerprint density at radius 3 is 2.46 bits per heavy atom. The van der Waals surface area contributed by atoms with Crippen LogP contribution in [0.5, 0.6) is 0 Å². The number of carbonyl (C=O) groups excluding carboxylic acids is 2. The van der Waals surface area contributed by atoms with Crippen LogP contribution in [0.3, 0.4) is 0 Å². The smallest absolute Gasteiger partial charge is 0.338 e. The fourth-order valence-electron chi connectivity index (χ4n) is 2.02. The molecule has 0 aliphatic heterocycles. The molecule has 2 aromatic carbocycles. The summed E-state index contributed by atoms with van der Waals surface area (Å²) in [5, 5.41) is 2.60. The number of para-hydroxylation sites is 1. The second-order valence-electron chi connectivity index (χ2n) is 5.27. The summed E-state index contributed by atoms with van der Waals surface area (Å²) in [7, 11) is -2.55. The first-order valence-electron chi connectivity index (χ1n) is 7.54. The van der Waals surface area contributed by atoms with Crippen molar-refractivity contribution in [2.75, 3.05) is 11.8 Å². The fourth-order valence-corrected chi connectivity index (χ4v) is 3.39. The average molecular weight is 397 g/mol. The molecule has 1 atom stereocenters. The highest BCUT2D eigenvalue weighted by Gasteiger charge is 2.21. The Morgan fingerprint density at radius 2 is 1.81 bits per heavy atom. The molecule has 0 heterocycles. The minimum atomic E-state index is -3.96. The Balaban J connectivity index is 2.24. The monoisotopic (exact) mass is 396 g/mol. The number of anilines is 1. The summed E-state index contributed by atoms with van der Waals surface area (Å²) in [6.07, 6.45) is -1.01. The number of carbonyl (C=O) groups is 2. The van der Waals surface area contributed by atoms with Gasteiger partial charge in [-0.3, -0.25) is 9.52 Å². The number of nitrogens with one attached hydrogen (secondary N) is 2. The zero-order valence-electron chi connectivity index (χ0n) is 14.0. The van der Waals surface area contributed by atoms with Gasteiger partial charge in [-0.15, -0.1) is 0 Å². The molecule has 0 aliphatic carbocycles. The lowest BCUT2D eigenvalue weighted by molar-refractivity contribution is -0.128. The number of likely N-dealkylation sites (N-methyl/N-ethyl adjacent to an activating group) is 1. The summed E-state index contributed by atoms with van der Waals surface area (Å²) in [6, 6.07) is 11.7. The first kappa shape index (κ1) is 19.7. The van der Waals surface area contributed by atoms with Crippen molar-refractivity contribution in [2.24, 2.45) is 0 Å². The molecular formula is C17H17ClN2O5S. The molecule has 0 fully saturated rings. The molecule has 9 heteroatoms. The van der Waals surface area contributed by atoms with Crippen LogP contribution < -0.4 is 10.0 Å². The molecule has 0 bridgehead atoms. The second kappa shape index (κ2) is 8.20. The Bertz CT molecular complexity index is 930. The zero-order chi connectivity index (χ0) is 19.3. The van der Waals surface area contributed by atoms with E-state index in [1.807, 2.05) is 0 Å². The Morgan fingerprint density at radius 1 is 1.12 bits per heavy atom. The van der Waals surface area contributed by atoms with Crippen molar-refractivity contribution in [2.45, 2.75) is 17.9 Å². The first-order chi connectivity index (χ1) is 12.2. The largest absolute Gasteiger partial charge is 0.449 e. The predicted molar refractivity (Wildman–Crippen MR) is 97.6 cm³/mol. The van der Waals surface area contributed by atoms with E-state index in [0.29, 0.717) is 0 Å². The average Bonchev–Trinajstić information content (AvgIpc) is 2.62. The lowest BCUT2D eigenvalue weighted by Crippen LogP contribution is -2.33. The molecule has 0 aliphatic rings. The molecule has 2 N–H and O–H groups in total. The minimum Gasteiger partial charge on any atom is -0.449 e. The maximum atomic E-state index is 12.5. The van der Waals surface area contributed by atoms with Crippen molar-refractivity contribution in [3.8, 4) is 0 Å². The van der Waals surface area contributed by atoms with Gasteiger partial charge in [0.2, 0.25) is 0 Å². The molecule has 138 valence electrons. The van der Waals surface area contributed by atoms with E-state index >= 15 is 0 Å². The van der Waals surface area contributed by atoms with E-state index < -0.39 is 28.0 Å². The predicted octanol–water partition coefficient (Wildman–Crippen LogP) is 2.43. The number of amides is 1. The van der Waals surface area contributed by atoms with Crippen LogP contribution >= 0.6 is 11.6 Å². The first-order valence-corrected chi connectivity index (χ1v) is 9.40. The van der Waals surface area contributed by atoms with Crippen LogP contribution in [0.4, 0.5) is 5.69 Å². The van der Waals surface area contributed by atoms with Crippen LogP contribution in [0.1, 0.15) is 17.3 Å². The number of hydrogen-bond acceptors (Lipinski definition) is 5. The van der Waals surface area contributed by atoms with Crippen molar-refractivity contribution in [1.29, 1.82) is 0 Å². The Hall–Kier alpha value is -2.58. The van der Waals surface area contributed by atoms with Gasteiger partial charge >= 0.3 is 5.97 Å². The van der Waals surface area contributed by atoms with Gasteiger partial charge in [0.15, 0.2) is 6.10 Å². The summed E-state index contributed by atoms with van der Waals surface area (Å²) < 4.78 is 32.4. The van der Waals surface area contributed by atoms with Crippen molar-refractivity contribution >= 4 is 39.2 Å². The van der Waals surface area contributed by atoms with Gasteiger partial charge in [-0.05, 0) is 37.3 Å². The normalized spacial score (nSPS) is 12.1. The van der Waals surface area contributed by atoms with Crippen molar-refractivity contribution in [3.63, 3.8) is 0 Å². The molecule has 0 spiro atoms. The van der Waals surface area contributed by atoms with Crippen molar-refractivity contribution < 1.29 is 22.7 Å². The summed E-state index contributed by atoms with van der Waals surface area (Å²) in [4.78, 5) is 23.4. The molecule has 1 amide bonds. The van der Waals surface area contributed by atoms with Crippen LogP contribution in [0, 0.1) is 0 Å². The molecule has 26 heavy (non-hydrogen) atoms. The number of hydrogen-bond donors (Lipinski definition) is 2. The van der Waals surface area contributed by atoms with Gasteiger partial charge in [0.25, 0.3) is 15.9 Å². The highest BCUT2D eigenvalue weighted by atomic mass is 35.5. The summed E-state index contributed by atoms with van der Waals surface area (Å²) in [6.45, 7) is 1.41. The van der Waals surface area contributed by atoms with Gasteiger partial charge in [0, 0.05) is 7.05 Å². The Labute approximate surface area is 156 Å². The van der Waals surface area contributed by atoms with Gasteiger partial charge in [-0.25, -0.2) is 13.2 Å². The van der Waals surface area contributed by atoms with E-state index in [4.69, 9.17) is 16.3 Å². The number of halogens is 1. The third-order valence-corrected chi connectivity index (χ3v) is 5.09. The standard InChI is InChI=1S/C17H17ClN2O5S/c1-11(16(21)19-2)25-17(22)12-6-5-7-13(10-12)26(23,24)20-15-9-4-3-8-14(15)18/h3-11,20H,1-2H3,(H,19,21)/t11-/m1/s1. The molecule has 0 saturated heterocycles. The second-order valence-corrected chi connectivity index (χ2v) is 7.36. The molecular weight excluding hydrogens is 380 g/mol. The molecule has 7 nitrogen and oxygen atoms in total. The Kier molecular flexibility index (Phi) is 6.23. The summed E-state index contributed by atoms with van der Waals surface area (Å²) in [5.74, 6) is -1.28. The van der Waals surface area contributed by atoms with Crippen LogP contribution in [-0.4, -0.2) is 33.4 Å².